The Kier molecular flexibility index (Phi) is 7.91. The number of aliphatic hydroxyl groups excluding tert-OH is 3. The van der Waals surface area contributed by atoms with Gasteiger partial charge in [-0.25, -0.2) is 0 Å². The highest BCUT2D eigenvalue weighted by Gasteiger charge is 2.13. The molecule has 0 spiro atoms. The van der Waals surface area contributed by atoms with Crippen LogP contribution in [0, 0.1) is 0 Å². The third-order valence-corrected chi connectivity index (χ3v) is 2.38. The van der Waals surface area contributed by atoms with Crippen LogP contribution in [0.15, 0.2) is 11.7 Å². The van der Waals surface area contributed by atoms with Gasteiger partial charge >= 0.3 is 5.95 Å². The van der Waals surface area contributed by atoms with Gasteiger partial charge in [-0.3, -0.25) is 0 Å². The van der Waals surface area contributed by atoms with Gasteiger partial charge in [0.2, 0.25) is 5.76 Å². The fraction of sp³-hybridized carbons (Fsp3) is 0.818. The summed E-state index contributed by atoms with van der Waals surface area (Å²) in [5.41, 5.74) is 0. The molecule has 0 fully saturated rings. The SMILES string of the molecule is CCCCCCCCC(O)C(O)=C(O)O. The van der Waals surface area contributed by atoms with Crippen molar-refractivity contribution in [1.82, 2.24) is 0 Å². The molecule has 0 aliphatic heterocycles. The average molecular weight is 218 g/mol. The maximum absolute atomic E-state index is 9.26. The standard InChI is InChI=1S/C11H22O4/c1-2-3-4-5-6-7-8-9(12)10(13)11(14)15/h9,12-15H,2-8H2,1H3. The zero-order valence-electron chi connectivity index (χ0n) is 9.32. The van der Waals surface area contributed by atoms with Crippen molar-refractivity contribution in [2.45, 2.75) is 58.0 Å². The summed E-state index contributed by atoms with van der Waals surface area (Å²) >= 11 is 0. The van der Waals surface area contributed by atoms with Crippen molar-refractivity contribution in [2.24, 2.45) is 0 Å². The summed E-state index contributed by atoms with van der Waals surface area (Å²) in [5, 5.41) is 35.2. The molecular formula is C11H22O4. The molecule has 0 amide bonds. The molecule has 0 aliphatic rings. The molecule has 0 saturated heterocycles. The summed E-state index contributed by atoms with van der Waals surface area (Å²) in [6.45, 7) is 2.15. The van der Waals surface area contributed by atoms with Gasteiger partial charge in [-0.05, 0) is 6.42 Å². The Morgan fingerprint density at radius 2 is 1.47 bits per heavy atom. The zero-order valence-corrected chi connectivity index (χ0v) is 9.32. The summed E-state index contributed by atoms with van der Waals surface area (Å²) in [7, 11) is 0. The van der Waals surface area contributed by atoms with E-state index in [2.05, 4.69) is 6.92 Å². The number of rotatable bonds is 8. The second-order valence-electron chi connectivity index (χ2n) is 3.78. The number of hydrogen-bond acceptors (Lipinski definition) is 4. The molecule has 0 aliphatic carbocycles. The summed E-state index contributed by atoms with van der Waals surface area (Å²) in [6.07, 6.45) is 5.73. The largest absolute Gasteiger partial charge is 0.504 e. The molecule has 0 saturated carbocycles. The van der Waals surface area contributed by atoms with Crippen LogP contribution in [-0.2, 0) is 0 Å². The van der Waals surface area contributed by atoms with Crippen molar-refractivity contribution in [3.8, 4) is 0 Å². The highest BCUT2D eigenvalue weighted by Crippen LogP contribution is 2.12. The predicted octanol–water partition coefficient (Wildman–Crippen LogP) is 2.94. The molecule has 90 valence electrons. The van der Waals surface area contributed by atoms with Crippen LogP contribution in [0.25, 0.3) is 0 Å². The van der Waals surface area contributed by atoms with Crippen LogP contribution >= 0.6 is 0 Å². The van der Waals surface area contributed by atoms with Gasteiger partial charge in [0.05, 0.1) is 0 Å². The van der Waals surface area contributed by atoms with Gasteiger partial charge in [0.1, 0.15) is 6.10 Å². The number of hydrogen-bond donors (Lipinski definition) is 4. The molecule has 0 aromatic rings. The van der Waals surface area contributed by atoms with Crippen molar-refractivity contribution < 1.29 is 20.4 Å². The van der Waals surface area contributed by atoms with E-state index in [-0.39, 0.29) is 0 Å². The van der Waals surface area contributed by atoms with Crippen LogP contribution in [-0.4, -0.2) is 26.5 Å². The predicted molar refractivity (Wildman–Crippen MR) is 58.9 cm³/mol. The van der Waals surface area contributed by atoms with Gasteiger partial charge in [-0.2, -0.15) is 0 Å². The lowest BCUT2D eigenvalue weighted by molar-refractivity contribution is 0.0912. The Hall–Kier alpha value is -0.900. The molecule has 0 aromatic carbocycles. The van der Waals surface area contributed by atoms with Crippen LogP contribution in [0.5, 0.6) is 0 Å². The Morgan fingerprint density at radius 3 is 2.00 bits per heavy atom. The summed E-state index contributed by atoms with van der Waals surface area (Å²) in [6, 6.07) is 0. The van der Waals surface area contributed by atoms with Crippen LogP contribution < -0.4 is 0 Å². The van der Waals surface area contributed by atoms with Crippen LogP contribution in [0.4, 0.5) is 0 Å². The van der Waals surface area contributed by atoms with Crippen molar-refractivity contribution in [3.05, 3.63) is 11.7 Å². The maximum Gasteiger partial charge on any atom is 0.316 e. The third kappa shape index (κ3) is 7.08. The molecule has 4 nitrogen and oxygen atoms in total. The molecule has 0 heterocycles. The van der Waals surface area contributed by atoms with Gasteiger partial charge in [0.15, 0.2) is 0 Å². The fourth-order valence-electron chi connectivity index (χ4n) is 1.40. The van der Waals surface area contributed by atoms with E-state index in [1.807, 2.05) is 0 Å². The first-order valence-corrected chi connectivity index (χ1v) is 5.58. The molecule has 4 heteroatoms. The second kappa shape index (κ2) is 8.41. The van der Waals surface area contributed by atoms with E-state index in [1.165, 1.54) is 19.3 Å². The van der Waals surface area contributed by atoms with Gasteiger partial charge in [0, 0.05) is 0 Å². The molecule has 15 heavy (non-hydrogen) atoms. The Balaban J connectivity index is 3.48. The van der Waals surface area contributed by atoms with Crippen molar-refractivity contribution in [3.63, 3.8) is 0 Å². The normalized spacial score (nSPS) is 12.4. The first-order valence-electron chi connectivity index (χ1n) is 5.58. The molecule has 1 atom stereocenters. The van der Waals surface area contributed by atoms with Gasteiger partial charge < -0.3 is 20.4 Å². The van der Waals surface area contributed by atoms with E-state index in [0.29, 0.717) is 6.42 Å². The molecular weight excluding hydrogens is 196 g/mol. The van der Waals surface area contributed by atoms with Crippen LogP contribution in [0.2, 0.25) is 0 Å². The Bertz CT molecular complexity index is 185. The second-order valence-corrected chi connectivity index (χ2v) is 3.78. The first kappa shape index (κ1) is 14.1. The minimum Gasteiger partial charge on any atom is -0.504 e. The maximum atomic E-state index is 9.26. The van der Waals surface area contributed by atoms with Crippen molar-refractivity contribution in [2.75, 3.05) is 0 Å². The molecule has 0 rings (SSSR count). The quantitative estimate of drug-likeness (QED) is 0.373. The van der Waals surface area contributed by atoms with E-state index in [9.17, 15) is 5.11 Å². The van der Waals surface area contributed by atoms with E-state index in [1.54, 1.807) is 0 Å². The lowest BCUT2D eigenvalue weighted by atomic mass is 10.1. The first-order chi connectivity index (χ1) is 7.09. The lowest BCUT2D eigenvalue weighted by Gasteiger charge is -2.08. The minimum absolute atomic E-state index is 0.364. The van der Waals surface area contributed by atoms with E-state index >= 15 is 0 Å². The summed E-state index contributed by atoms with van der Waals surface area (Å²) in [4.78, 5) is 0. The third-order valence-electron chi connectivity index (χ3n) is 2.38. The van der Waals surface area contributed by atoms with Crippen LogP contribution in [0.1, 0.15) is 51.9 Å². The fourth-order valence-corrected chi connectivity index (χ4v) is 1.40. The van der Waals surface area contributed by atoms with E-state index < -0.39 is 17.8 Å². The van der Waals surface area contributed by atoms with E-state index in [0.717, 1.165) is 19.3 Å². The van der Waals surface area contributed by atoms with Crippen LogP contribution in [0.3, 0.4) is 0 Å². The highest BCUT2D eigenvalue weighted by molar-refractivity contribution is 4.96. The highest BCUT2D eigenvalue weighted by atomic mass is 16.5. The summed E-state index contributed by atoms with van der Waals surface area (Å²) in [5.74, 6) is -1.92. The smallest absolute Gasteiger partial charge is 0.316 e. The average Bonchev–Trinajstić information content (AvgIpc) is 2.21. The molecule has 1 unspecified atom stereocenters. The number of aliphatic hydroxyl groups is 4. The van der Waals surface area contributed by atoms with Gasteiger partial charge in [0.25, 0.3) is 0 Å². The monoisotopic (exact) mass is 218 g/mol. The minimum atomic E-state index is -1.19. The molecule has 4 N–H and O–H groups in total. The van der Waals surface area contributed by atoms with Gasteiger partial charge in [-0.15, -0.1) is 0 Å². The zero-order chi connectivity index (χ0) is 11.7. The van der Waals surface area contributed by atoms with Crippen molar-refractivity contribution >= 4 is 0 Å². The molecule has 0 radical (unpaired) electrons. The van der Waals surface area contributed by atoms with Gasteiger partial charge in [-0.1, -0.05) is 45.4 Å². The topological polar surface area (TPSA) is 80.9 Å². The molecule has 0 bridgehead atoms. The van der Waals surface area contributed by atoms with Crippen molar-refractivity contribution in [1.29, 1.82) is 0 Å². The summed E-state index contributed by atoms with van der Waals surface area (Å²) < 4.78 is 0. The number of unbranched alkanes of at least 4 members (excludes halogenated alkanes) is 5. The van der Waals surface area contributed by atoms with E-state index in [4.69, 9.17) is 15.3 Å². The Morgan fingerprint density at radius 1 is 0.933 bits per heavy atom. The molecule has 0 aromatic heterocycles. The Labute approximate surface area is 90.9 Å². The lowest BCUT2D eigenvalue weighted by Crippen LogP contribution is -2.12.